The molecule has 1 aromatic rings. The fourth-order valence-corrected chi connectivity index (χ4v) is 0.589. The lowest BCUT2D eigenvalue weighted by Crippen LogP contribution is -1.69. The molecule has 1 nitrogen and oxygen atoms in total. The Kier molecular flexibility index (Phi) is 5.39. The van der Waals surface area contributed by atoms with Gasteiger partial charge < -0.3 is 5.73 Å². The maximum absolute atomic E-state index is 4.50. The van der Waals surface area contributed by atoms with Crippen LogP contribution in [0, 0.1) is 0 Å². The molecule has 1 aromatic carbocycles. The van der Waals surface area contributed by atoms with Gasteiger partial charge in [0.2, 0.25) is 0 Å². The second-order valence-electron chi connectivity index (χ2n) is 1.61. The summed E-state index contributed by atoms with van der Waals surface area (Å²) in [5.41, 5.74) is 5.67. The van der Waals surface area contributed by atoms with Gasteiger partial charge >= 0.3 is 0 Å². The van der Waals surface area contributed by atoms with Crippen LogP contribution in [0.2, 0.25) is 0 Å². The van der Waals surface area contributed by atoms with Crippen LogP contribution in [0.15, 0.2) is 36.9 Å². The van der Waals surface area contributed by atoms with Gasteiger partial charge in [0.05, 0.1) is 0 Å². The Hall–Kier alpha value is -1.08. The van der Waals surface area contributed by atoms with Crippen molar-refractivity contribution in [2.24, 2.45) is 5.73 Å². The molecule has 0 aliphatic heterocycles. The molecular weight excluding hydrogens is 122 g/mol. The summed E-state index contributed by atoms with van der Waals surface area (Å²) in [6.07, 6.45) is 1.83. The smallest absolute Gasteiger partial charge is 0.0195 e. The van der Waals surface area contributed by atoms with E-state index in [9.17, 15) is 0 Å². The Morgan fingerprint density at radius 1 is 1.20 bits per heavy atom. The van der Waals surface area contributed by atoms with Crippen molar-refractivity contribution >= 4 is 6.08 Å². The van der Waals surface area contributed by atoms with Crippen molar-refractivity contribution in [1.82, 2.24) is 0 Å². The number of nitrogens with two attached hydrogens (primary N) is 1. The van der Waals surface area contributed by atoms with E-state index in [1.807, 2.05) is 36.4 Å². The third kappa shape index (κ3) is 3.05. The quantitative estimate of drug-likeness (QED) is 0.625. The van der Waals surface area contributed by atoms with Crippen LogP contribution in [0.4, 0.5) is 0 Å². The summed E-state index contributed by atoms with van der Waals surface area (Å²) in [6.45, 7) is 3.63. The lowest BCUT2D eigenvalue weighted by molar-refractivity contribution is 1.48. The van der Waals surface area contributed by atoms with Gasteiger partial charge in [-0.05, 0) is 12.6 Å². The van der Waals surface area contributed by atoms with Gasteiger partial charge in [0.15, 0.2) is 0 Å². The second-order valence-corrected chi connectivity index (χ2v) is 1.61. The highest BCUT2D eigenvalue weighted by Gasteiger charge is 1.75. The van der Waals surface area contributed by atoms with E-state index < -0.39 is 0 Å². The van der Waals surface area contributed by atoms with Crippen LogP contribution in [-0.4, -0.2) is 7.05 Å². The number of hydrogen-bond donors (Lipinski definition) is 1. The average Bonchev–Trinajstić information content (AvgIpc) is 2.10. The van der Waals surface area contributed by atoms with Crippen LogP contribution in [0.3, 0.4) is 0 Å². The summed E-state index contributed by atoms with van der Waals surface area (Å²) >= 11 is 0. The van der Waals surface area contributed by atoms with E-state index in [-0.39, 0.29) is 0 Å². The standard InChI is InChI=1S/C8H8.CH5N/c1-2-8-6-4-3-5-7-8;1-2/h2-7H,1H2;2H2,1H3. The molecule has 0 unspecified atom stereocenters. The summed E-state index contributed by atoms with van der Waals surface area (Å²) in [5, 5.41) is 0. The molecule has 1 heteroatoms. The number of hydrogen-bond acceptors (Lipinski definition) is 1. The minimum atomic E-state index is 1.17. The molecule has 10 heavy (non-hydrogen) atoms. The Balaban J connectivity index is 0.000000371. The SMILES string of the molecule is C=Cc1ccccc1.CN. The highest BCUT2D eigenvalue weighted by atomic mass is 14.4. The molecule has 2 N–H and O–H groups in total. The molecular formula is C9H13N. The lowest BCUT2D eigenvalue weighted by atomic mass is 10.2. The third-order valence-electron chi connectivity index (χ3n) is 1.04. The van der Waals surface area contributed by atoms with Gasteiger partial charge in [-0.3, -0.25) is 0 Å². The van der Waals surface area contributed by atoms with Crippen molar-refractivity contribution in [2.75, 3.05) is 7.05 Å². The highest BCUT2D eigenvalue weighted by molar-refractivity contribution is 5.45. The molecule has 54 valence electrons. The molecule has 0 aliphatic carbocycles. The molecule has 0 radical (unpaired) electrons. The minimum absolute atomic E-state index is 1.17. The first-order valence-corrected chi connectivity index (χ1v) is 3.18. The Labute approximate surface area is 62.2 Å². The normalized spacial score (nSPS) is 7.40. The van der Waals surface area contributed by atoms with Crippen molar-refractivity contribution in [3.63, 3.8) is 0 Å². The molecule has 0 aliphatic rings. The monoisotopic (exact) mass is 135 g/mol. The fourth-order valence-electron chi connectivity index (χ4n) is 0.589. The van der Waals surface area contributed by atoms with Gasteiger partial charge in [-0.2, -0.15) is 0 Å². The van der Waals surface area contributed by atoms with Crippen LogP contribution in [0.5, 0.6) is 0 Å². The van der Waals surface area contributed by atoms with Gasteiger partial charge in [-0.1, -0.05) is 43.0 Å². The van der Waals surface area contributed by atoms with Gasteiger partial charge in [0.25, 0.3) is 0 Å². The molecule has 0 fully saturated rings. The van der Waals surface area contributed by atoms with Crippen molar-refractivity contribution in [2.45, 2.75) is 0 Å². The van der Waals surface area contributed by atoms with Gasteiger partial charge in [0, 0.05) is 0 Å². The third-order valence-corrected chi connectivity index (χ3v) is 1.04. The molecule has 0 saturated heterocycles. The van der Waals surface area contributed by atoms with Crippen LogP contribution in [0.25, 0.3) is 6.08 Å². The first kappa shape index (κ1) is 8.92. The molecule has 0 aromatic heterocycles. The highest BCUT2D eigenvalue weighted by Crippen LogP contribution is 1.97. The molecule has 0 bridgehead atoms. The Bertz CT molecular complexity index is 167. The van der Waals surface area contributed by atoms with E-state index in [1.165, 1.54) is 12.6 Å². The average molecular weight is 135 g/mol. The topological polar surface area (TPSA) is 26.0 Å². The van der Waals surface area contributed by atoms with Crippen molar-refractivity contribution in [3.8, 4) is 0 Å². The van der Waals surface area contributed by atoms with Crippen LogP contribution in [-0.2, 0) is 0 Å². The summed E-state index contributed by atoms with van der Waals surface area (Å²) < 4.78 is 0. The van der Waals surface area contributed by atoms with Crippen molar-refractivity contribution < 1.29 is 0 Å². The van der Waals surface area contributed by atoms with E-state index in [0.29, 0.717) is 0 Å². The Morgan fingerprint density at radius 3 is 2.00 bits per heavy atom. The van der Waals surface area contributed by atoms with Gasteiger partial charge in [-0.25, -0.2) is 0 Å². The number of benzene rings is 1. The predicted octanol–water partition coefficient (Wildman–Crippen LogP) is 1.90. The van der Waals surface area contributed by atoms with E-state index in [0.717, 1.165) is 0 Å². The molecule has 0 spiro atoms. The zero-order valence-electron chi connectivity index (χ0n) is 6.25. The van der Waals surface area contributed by atoms with E-state index in [2.05, 4.69) is 12.3 Å². The summed E-state index contributed by atoms with van der Waals surface area (Å²) in [5.74, 6) is 0. The largest absolute Gasteiger partial charge is 0.333 e. The molecule has 0 heterocycles. The summed E-state index contributed by atoms with van der Waals surface area (Å²) in [4.78, 5) is 0. The van der Waals surface area contributed by atoms with Crippen LogP contribution >= 0.6 is 0 Å². The zero-order chi connectivity index (χ0) is 7.82. The Morgan fingerprint density at radius 2 is 1.70 bits per heavy atom. The van der Waals surface area contributed by atoms with Gasteiger partial charge in [0.1, 0.15) is 0 Å². The zero-order valence-corrected chi connectivity index (χ0v) is 6.25. The van der Waals surface area contributed by atoms with Crippen molar-refractivity contribution in [1.29, 1.82) is 0 Å². The second kappa shape index (κ2) is 6.05. The molecule has 0 saturated carbocycles. The fraction of sp³-hybridized carbons (Fsp3) is 0.111. The van der Waals surface area contributed by atoms with E-state index >= 15 is 0 Å². The molecule has 0 atom stereocenters. The van der Waals surface area contributed by atoms with Crippen molar-refractivity contribution in [3.05, 3.63) is 42.5 Å². The summed E-state index contributed by atoms with van der Waals surface area (Å²) in [7, 11) is 1.50. The van der Waals surface area contributed by atoms with E-state index in [4.69, 9.17) is 0 Å². The molecule has 1 rings (SSSR count). The maximum atomic E-state index is 4.50. The predicted molar refractivity (Wildman–Crippen MR) is 46.6 cm³/mol. The molecule has 0 amide bonds. The summed E-state index contributed by atoms with van der Waals surface area (Å²) in [6, 6.07) is 10.0. The lowest BCUT2D eigenvalue weighted by Gasteiger charge is -1.85. The minimum Gasteiger partial charge on any atom is -0.333 e. The van der Waals surface area contributed by atoms with Crippen LogP contribution in [0.1, 0.15) is 5.56 Å². The van der Waals surface area contributed by atoms with Crippen LogP contribution < -0.4 is 5.73 Å². The maximum Gasteiger partial charge on any atom is -0.0195 e. The first-order valence-electron chi connectivity index (χ1n) is 3.18. The van der Waals surface area contributed by atoms with Gasteiger partial charge in [-0.15, -0.1) is 0 Å². The number of rotatable bonds is 1. The first-order chi connectivity index (χ1) is 4.93. The van der Waals surface area contributed by atoms with E-state index in [1.54, 1.807) is 0 Å².